The Kier molecular flexibility index (Phi) is 5.46. The van der Waals surface area contributed by atoms with E-state index in [1.807, 2.05) is 42.6 Å². The Morgan fingerprint density at radius 1 is 1.08 bits per heavy atom. The van der Waals surface area contributed by atoms with Gasteiger partial charge in [-0.05, 0) is 23.3 Å². The zero-order valence-electron chi connectivity index (χ0n) is 14.3. The predicted molar refractivity (Wildman–Crippen MR) is 99.7 cm³/mol. The van der Waals surface area contributed by atoms with Gasteiger partial charge in [0, 0.05) is 36.3 Å². The molecule has 1 aromatic carbocycles. The second kappa shape index (κ2) is 7.77. The average molecular weight is 372 g/mol. The van der Waals surface area contributed by atoms with Crippen molar-refractivity contribution in [3.8, 4) is 22.4 Å². The molecule has 0 saturated heterocycles. The minimum atomic E-state index is -3.22. The summed E-state index contributed by atoms with van der Waals surface area (Å²) in [6, 6.07) is 11.4. The molecule has 3 aromatic rings. The lowest BCUT2D eigenvalue weighted by molar-refractivity contribution is 0.269. The summed E-state index contributed by atoms with van der Waals surface area (Å²) in [5.74, 6) is 0. The number of aliphatic hydroxyl groups is 1. The first-order chi connectivity index (χ1) is 12.5. The molecule has 0 radical (unpaired) electrons. The van der Waals surface area contributed by atoms with Crippen molar-refractivity contribution in [2.45, 2.75) is 13.1 Å². The van der Waals surface area contributed by atoms with Gasteiger partial charge in [0.1, 0.15) is 5.69 Å². The van der Waals surface area contributed by atoms with Crippen molar-refractivity contribution in [3.63, 3.8) is 0 Å². The third kappa shape index (κ3) is 4.54. The smallest absolute Gasteiger partial charge is 0.209 e. The Balaban J connectivity index is 1.93. The van der Waals surface area contributed by atoms with Crippen LogP contribution < -0.4 is 4.72 Å². The summed E-state index contributed by atoms with van der Waals surface area (Å²) in [5.41, 5.74) is 4.51. The number of nitrogens with one attached hydrogen (secondary N) is 1. The second-order valence-corrected chi connectivity index (χ2v) is 7.74. The van der Waals surface area contributed by atoms with Crippen molar-refractivity contribution in [1.82, 2.24) is 19.5 Å². The average Bonchev–Trinajstić information content (AvgIpc) is 3.05. The van der Waals surface area contributed by atoms with Gasteiger partial charge in [-0.25, -0.2) is 13.1 Å². The first-order valence-corrected chi connectivity index (χ1v) is 9.98. The van der Waals surface area contributed by atoms with Crippen LogP contribution >= 0.6 is 0 Å². The number of sulfonamides is 1. The number of nitrogens with zero attached hydrogens (tertiary/aromatic N) is 3. The minimum Gasteiger partial charge on any atom is -0.394 e. The number of aromatic nitrogens is 3. The van der Waals surface area contributed by atoms with E-state index in [0.717, 1.165) is 34.2 Å². The van der Waals surface area contributed by atoms with E-state index in [0.29, 0.717) is 6.54 Å². The van der Waals surface area contributed by atoms with Crippen LogP contribution in [0.15, 0.2) is 55.0 Å². The molecule has 26 heavy (non-hydrogen) atoms. The van der Waals surface area contributed by atoms with Gasteiger partial charge in [-0.3, -0.25) is 9.67 Å². The fraction of sp³-hybridized carbons (Fsp3) is 0.222. The SMILES string of the molecule is CS(=O)(=O)NCc1ccc(-c2cn(CCO)nc2-c2ccncc2)cc1. The lowest BCUT2D eigenvalue weighted by atomic mass is 10.0. The topological polar surface area (TPSA) is 97.1 Å². The molecule has 0 atom stereocenters. The Labute approximate surface area is 152 Å². The number of pyridine rings is 1. The Morgan fingerprint density at radius 3 is 2.38 bits per heavy atom. The molecule has 0 bridgehead atoms. The molecule has 2 N–H and O–H groups in total. The quantitative estimate of drug-likeness (QED) is 0.657. The van der Waals surface area contributed by atoms with Gasteiger partial charge in [-0.15, -0.1) is 0 Å². The van der Waals surface area contributed by atoms with Crippen LogP contribution in [0.4, 0.5) is 0 Å². The van der Waals surface area contributed by atoms with Crippen LogP contribution in [0.1, 0.15) is 5.56 Å². The predicted octanol–water partition coefficient (Wildman–Crippen LogP) is 1.65. The van der Waals surface area contributed by atoms with E-state index in [2.05, 4.69) is 14.8 Å². The summed E-state index contributed by atoms with van der Waals surface area (Å²) >= 11 is 0. The molecule has 136 valence electrons. The maximum atomic E-state index is 11.2. The number of benzene rings is 1. The third-order valence-electron chi connectivity index (χ3n) is 3.85. The fourth-order valence-electron chi connectivity index (χ4n) is 2.59. The normalized spacial score (nSPS) is 11.6. The summed E-state index contributed by atoms with van der Waals surface area (Å²) in [5, 5.41) is 13.8. The van der Waals surface area contributed by atoms with Gasteiger partial charge in [0.05, 0.1) is 19.4 Å². The lowest BCUT2D eigenvalue weighted by Gasteiger charge is -2.06. The molecule has 0 spiro atoms. The first-order valence-electron chi connectivity index (χ1n) is 8.09. The highest BCUT2D eigenvalue weighted by Gasteiger charge is 2.13. The molecule has 3 rings (SSSR count). The van der Waals surface area contributed by atoms with Crippen LogP contribution in [0.2, 0.25) is 0 Å². The molecule has 0 saturated carbocycles. The molecule has 2 aromatic heterocycles. The molecule has 0 fully saturated rings. The second-order valence-electron chi connectivity index (χ2n) is 5.90. The van der Waals surface area contributed by atoms with Crippen LogP contribution in [0, 0.1) is 0 Å². The molecule has 8 heteroatoms. The zero-order chi connectivity index (χ0) is 18.6. The molecule has 0 aliphatic rings. The number of rotatable bonds is 7. The summed E-state index contributed by atoms with van der Waals surface area (Å²) in [6.07, 6.45) is 6.46. The molecule has 0 aliphatic carbocycles. The van der Waals surface area contributed by atoms with Crippen molar-refractivity contribution in [3.05, 3.63) is 60.6 Å². The zero-order valence-corrected chi connectivity index (χ0v) is 15.1. The Bertz CT molecular complexity index is 967. The van der Waals surface area contributed by atoms with Crippen molar-refractivity contribution >= 4 is 10.0 Å². The number of aliphatic hydroxyl groups excluding tert-OH is 1. The molecule has 0 aliphatic heterocycles. The van der Waals surface area contributed by atoms with E-state index < -0.39 is 10.0 Å². The van der Waals surface area contributed by atoms with Crippen LogP contribution in [-0.4, -0.2) is 41.2 Å². The highest BCUT2D eigenvalue weighted by atomic mass is 32.2. The first kappa shape index (κ1) is 18.2. The van der Waals surface area contributed by atoms with Crippen LogP contribution in [0.5, 0.6) is 0 Å². The third-order valence-corrected chi connectivity index (χ3v) is 4.52. The summed E-state index contributed by atoms with van der Waals surface area (Å²) in [4.78, 5) is 4.04. The van der Waals surface area contributed by atoms with Crippen LogP contribution in [0.25, 0.3) is 22.4 Å². The largest absolute Gasteiger partial charge is 0.394 e. The maximum Gasteiger partial charge on any atom is 0.209 e. The van der Waals surface area contributed by atoms with E-state index in [-0.39, 0.29) is 13.2 Å². The highest BCUT2D eigenvalue weighted by molar-refractivity contribution is 7.88. The van der Waals surface area contributed by atoms with Crippen molar-refractivity contribution in [1.29, 1.82) is 0 Å². The van der Waals surface area contributed by atoms with Crippen molar-refractivity contribution < 1.29 is 13.5 Å². The Morgan fingerprint density at radius 2 is 1.77 bits per heavy atom. The van der Waals surface area contributed by atoms with Gasteiger partial charge in [0.25, 0.3) is 0 Å². The maximum absolute atomic E-state index is 11.2. The lowest BCUT2D eigenvalue weighted by Crippen LogP contribution is -2.21. The molecule has 0 amide bonds. The summed E-state index contributed by atoms with van der Waals surface area (Å²) in [6.45, 7) is 0.668. The van der Waals surface area contributed by atoms with Gasteiger partial charge in [-0.2, -0.15) is 5.10 Å². The summed E-state index contributed by atoms with van der Waals surface area (Å²) in [7, 11) is -3.22. The molecular weight excluding hydrogens is 352 g/mol. The molecule has 0 unspecified atom stereocenters. The van der Waals surface area contributed by atoms with E-state index in [1.165, 1.54) is 0 Å². The molecular formula is C18H20N4O3S. The van der Waals surface area contributed by atoms with E-state index in [4.69, 9.17) is 0 Å². The highest BCUT2D eigenvalue weighted by Crippen LogP contribution is 2.31. The number of hydrogen-bond donors (Lipinski definition) is 2. The van der Waals surface area contributed by atoms with E-state index >= 15 is 0 Å². The van der Waals surface area contributed by atoms with E-state index in [9.17, 15) is 13.5 Å². The monoisotopic (exact) mass is 372 g/mol. The van der Waals surface area contributed by atoms with Gasteiger partial charge < -0.3 is 5.11 Å². The molecule has 7 nitrogen and oxygen atoms in total. The standard InChI is InChI=1S/C18H20N4O3S/c1-26(24,25)20-12-14-2-4-15(5-3-14)17-13-22(10-11-23)21-18(17)16-6-8-19-9-7-16/h2-9,13,20,23H,10-12H2,1H3. The summed E-state index contributed by atoms with van der Waals surface area (Å²) < 4.78 is 26.6. The molecule has 2 heterocycles. The van der Waals surface area contributed by atoms with Crippen LogP contribution in [0.3, 0.4) is 0 Å². The number of hydrogen-bond acceptors (Lipinski definition) is 5. The van der Waals surface area contributed by atoms with Gasteiger partial charge in [-0.1, -0.05) is 24.3 Å². The van der Waals surface area contributed by atoms with Crippen LogP contribution in [-0.2, 0) is 23.1 Å². The van der Waals surface area contributed by atoms with Crippen molar-refractivity contribution in [2.24, 2.45) is 0 Å². The van der Waals surface area contributed by atoms with Gasteiger partial charge >= 0.3 is 0 Å². The fourth-order valence-corrected chi connectivity index (χ4v) is 3.02. The Hall–Kier alpha value is -2.55. The van der Waals surface area contributed by atoms with Gasteiger partial charge in [0.2, 0.25) is 10.0 Å². The van der Waals surface area contributed by atoms with Gasteiger partial charge in [0.15, 0.2) is 0 Å². The van der Waals surface area contributed by atoms with Crippen molar-refractivity contribution in [2.75, 3.05) is 12.9 Å². The minimum absolute atomic E-state index is 0.00695. The van der Waals surface area contributed by atoms with E-state index in [1.54, 1.807) is 17.1 Å².